The van der Waals surface area contributed by atoms with Crippen LogP contribution in [0.1, 0.15) is 39.8 Å². The molecule has 41 heavy (non-hydrogen) atoms. The van der Waals surface area contributed by atoms with Gasteiger partial charge in [-0.2, -0.15) is 0 Å². The van der Waals surface area contributed by atoms with Crippen LogP contribution in [-0.2, 0) is 12.8 Å². The fraction of sp³-hybridized carbons (Fsp3) is 0.188. The molecule has 5 aromatic rings. The minimum absolute atomic E-state index is 0.0147. The van der Waals surface area contributed by atoms with E-state index in [9.17, 15) is 14.0 Å². The van der Waals surface area contributed by atoms with E-state index in [1.54, 1.807) is 38.1 Å². The molecular formula is C32H27F2N3O4. The monoisotopic (exact) mass is 555 g/mol. The van der Waals surface area contributed by atoms with Crippen LogP contribution in [0.4, 0.5) is 8.78 Å². The number of Topliss-reactive ketones (excluding diaryl/α,β-unsaturated/α-hetero) is 1. The van der Waals surface area contributed by atoms with Gasteiger partial charge in [-0.1, -0.05) is 19.1 Å². The van der Waals surface area contributed by atoms with Crippen molar-refractivity contribution < 1.29 is 23.0 Å². The SMILES string of the molecule is CCc1[nH]c(C)c(-c2ccc(F)cc2C)c(=O)c1C(=O)Cc1ccc(Oc2ccnc3ccc(OC)nc23)c(F)c1. The summed E-state index contributed by atoms with van der Waals surface area (Å²) in [5.74, 6) is -0.953. The van der Waals surface area contributed by atoms with Gasteiger partial charge in [-0.05, 0) is 67.3 Å². The average molecular weight is 556 g/mol. The molecule has 3 aromatic heterocycles. The van der Waals surface area contributed by atoms with Gasteiger partial charge in [0.1, 0.15) is 11.3 Å². The molecule has 0 aliphatic heterocycles. The first-order chi connectivity index (χ1) is 19.7. The minimum atomic E-state index is -0.681. The molecule has 0 fully saturated rings. The molecule has 0 unspecified atom stereocenters. The van der Waals surface area contributed by atoms with Gasteiger partial charge in [-0.3, -0.25) is 14.6 Å². The van der Waals surface area contributed by atoms with Crippen molar-refractivity contribution in [2.75, 3.05) is 7.11 Å². The molecule has 0 radical (unpaired) electrons. The number of H-pyrrole nitrogens is 1. The zero-order valence-corrected chi connectivity index (χ0v) is 23.0. The van der Waals surface area contributed by atoms with Crippen molar-refractivity contribution in [2.45, 2.75) is 33.6 Å². The number of rotatable bonds is 8. The number of nitrogens with one attached hydrogen (secondary N) is 1. The number of carbonyl (C=O) groups excluding carboxylic acids is 1. The second kappa shape index (κ2) is 11.3. The van der Waals surface area contributed by atoms with Crippen molar-refractivity contribution in [3.8, 4) is 28.5 Å². The third-order valence-electron chi connectivity index (χ3n) is 6.87. The number of carbonyl (C=O) groups is 1. The quantitative estimate of drug-likeness (QED) is 0.215. The molecule has 1 N–H and O–H groups in total. The van der Waals surface area contributed by atoms with Gasteiger partial charge in [0.05, 0.1) is 18.2 Å². The lowest BCUT2D eigenvalue weighted by Crippen LogP contribution is -2.24. The maximum atomic E-state index is 15.2. The van der Waals surface area contributed by atoms with E-state index >= 15 is 4.39 Å². The number of ether oxygens (including phenoxy) is 2. The normalized spacial score (nSPS) is 11.1. The molecule has 0 saturated carbocycles. The first-order valence-corrected chi connectivity index (χ1v) is 13.0. The highest BCUT2D eigenvalue weighted by atomic mass is 19.1. The van der Waals surface area contributed by atoms with E-state index in [0.717, 1.165) is 0 Å². The largest absolute Gasteiger partial charge is 0.481 e. The van der Waals surface area contributed by atoms with E-state index in [-0.39, 0.29) is 17.7 Å². The summed E-state index contributed by atoms with van der Waals surface area (Å²) in [6.07, 6.45) is 1.75. The van der Waals surface area contributed by atoms with E-state index in [1.807, 2.05) is 6.92 Å². The first kappa shape index (κ1) is 27.6. The molecule has 5 rings (SSSR count). The summed E-state index contributed by atoms with van der Waals surface area (Å²) >= 11 is 0. The number of aromatic nitrogens is 3. The van der Waals surface area contributed by atoms with Crippen LogP contribution in [0.5, 0.6) is 17.4 Å². The number of aryl methyl sites for hydroxylation is 3. The molecule has 9 heteroatoms. The van der Waals surface area contributed by atoms with E-state index in [4.69, 9.17) is 9.47 Å². The Morgan fingerprint density at radius 3 is 2.51 bits per heavy atom. The summed E-state index contributed by atoms with van der Waals surface area (Å²) in [6, 6.07) is 13.3. The number of hydrogen-bond donors (Lipinski definition) is 1. The fourth-order valence-corrected chi connectivity index (χ4v) is 4.88. The Morgan fingerprint density at radius 1 is 1.00 bits per heavy atom. The second-order valence-corrected chi connectivity index (χ2v) is 9.62. The third-order valence-corrected chi connectivity index (χ3v) is 6.87. The molecule has 0 atom stereocenters. The van der Waals surface area contributed by atoms with Crippen molar-refractivity contribution in [1.29, 1.82) is 0 Å². The third kappa shape index (κ3) is 5.43. The van der Waals surface area contributed by atoms with Crippen LogP contribution in [0.3, 0.4) is 0 Å². The summed E-state index contributed by atoms with van der Waals surface area (Å²) in [7, 11) is 1.49. The Morgan fingerprint density at radius 2 is 1.80 bits per heavy atom. The summed E-state index contributed by atoms with van der Waals surface area (Å²) in [4.78, 5) is 38.9. The summed E-state index contributed by atoms with van der Waals surface area (Å²) in [5.41, 5.74) is 3.43. The van der Waals surface area contributed by atoms with Gasteiger partial charge in [-0.15, -0.1) is 0 Å². The highest BCUT2D eigenvalue weighted by Crippen LogP contribution is 2.31. The molecule has 0 amide bonds. The minimum Gasteiger partial charge on any atom is -0.481 e. The number of aromatic amines is 1. The lowest BCUT2D eigenvalue weighted by Gasteiger charge is -2.15. The molecular weight excluding hydrogens is 528 g/mol. The van der Waals surface area contributed by atoms with Crippen LogP contribution in [0, 0.1) is 25.5 Å². The average Bonchev–Trinajstić information content (AvgIpc) is 2.95. The number of pyridine rings is 3. The Balaban J connectivity index is 1.45. The van der Waals surface area contributed by atoms with Crippen LogP contribution in [0.15, 0.2) is 65.6 Å². The summed E-state index contributed by atoms with van der Waals surface area (Å²) < 4.78 is 39.9. The maximum Gasteiger partial charge on any atom is 0.213 e. The molecule has 0 aliphatic rings. The molecule has 0 aliphatic carbocycles. The number of hydrogen-bond acceptors (Lipinski definition) is 6. The van der Waals surface area contributed by atoms with Gasteiger partial charge in [0, 0.05) is 41.7 Å². The predicted molar refractivity (Wildman–Crippen MR) is 152 cm³/mol. The molecule has 208 valence electrons. The smallest absolute Gasteiger partial charge is 0.213 e. The van der Waals surface area contributed by atoms with Crippen molar-refractivity contribution in [3.05, 3.63) is 111 Å². The van der Waals surface area contributed by atoms with Crippen molar-refractivity contribution >= 4 is 16.8 Å². The topological polar surface area (TPSA) is 94.2 Å². The highest BCUT2D eigenvalue weighted by molar-refractivity contribution is 5.99. The van der Waals surface area contributed by atoms with Gasteiger partial charge in [0.25, 0.3) is 0 Å². The highest BCUT2D eigenvalue weighted by Gasteiger charge is 2.23. The number of fused-ring (bicyclic) bond motifs is 1. The molecule has 0 bridgehead atoms. The van der Waals surface area contributed by atoms with Gasteiger partial charge in [0.15, 0.2) is 23.1 Å². The molecule has 3 heterocycles. The zero-order valence-electron chi connectivity index (χ0n) is 23.0. The second-order valence-electron chi connectivity index (χ2n) is 9.62. The standard InChI is InChI=1S/C32H27F2N3O4/c1-5-23-30(32(39)29(18(3)36-23)21-8-7-20(33)14-17(21)2)25(38)16-19-6-10-26(22(34)15-19)41-27-12-13-35-24-9-11-28(40-4)37-31(24)27/h6-15H,5,16H2,1-4H3,(H,36,39). The van der Waals surface area contributed by atoms with Crippen molar-refractivity contribution in [3.63, 3.8) is 0 Å². The van der Waals surface area contributed by atoms with Crippen molar-refractivity contribution in [2.24, 2.45) is 0 Å². The van der Waals surface area contributed by atoms with Crippen molar-refractivity contribution in [1.82, 2.24) is 15.0 Å². The number of methoxy groups -OCH3 is 1. The summed E-state index contributed by atoms with van der Waals surface area (Å²) in [5, 5.41) is 0. The van der Waals surface area contributed by atoms with Crippen LogP contribution >= 0.6 is 0 Å². The van der Waals surface area contributed by atoms with Crippen LogP contribution in [-0.4, -0.2) is 27.8 Å². The zero-order chi connectivity index (χ0) is 29.3. The number of halogens is 2. The number of benzene rings is 2. The Hall–Kier alpha value is -4.92. The van der Waals surface area contributed by atoms with E-state index < -0.39 is 22.8 Å². The number of ketones is 1. The van der Waals surface area contributed by atoms with E-state index in [2.05, 4.69) is 15.0 Å². The van der Waals surface area contributed by atoms with Crippen LogP contribution in [0.2, 0.25) is 0 Å². The van der Waals surface area contributed by atoms with Gasteiger partial charge < -0.3 is 14.5 Å². The van der Waals surface area contributed by atoms with Gasteiger partial charge in [-0.25, -0.2) is 13.8 Å². The van der Waals surface area contributed by atoms with E-state index in [1.165, 1.54) is 43.6 Å². The molecule has 0 spiro atoms. The van der Waals surface area contributed by atoms with Gasteiger partial charge >= 0.3 is 0 Å². The first-order valence-electron chi connectivity index (χ1n) is 13.0. The lowest BCUT2D eigenvalue weighted by molar-refractivity contribution is 0.0990. The Bertz CT molecular complexity index is 1870. The number of nitrogens with zero attached hydrogens (tertiary/aromatic N) is 2. The molecule has 7 nitrogen and oxygen atoms in total. The van der Waals surface area contributed by atoms with E-state index in [0.29, 0.717) is 62.7 Å². The molecule has 2 aromatic carbocycles. The Kier molecular flexibility index (Phi) is 7.61. The predicted octanol–water partition coefficient (Wildman–Crippen LogP) is 6.67. The summed E-state index contributed by atoms with van der Waals surface area (Å²) in [6.45, 7) is 5.29. The fourth-order valence-electron chi connectivity index (χ4n) is 4.88. The Labute approximate surface area is 234 Å². The van der Waals surface area contributed by atoms with Gasteiger partial charge in [0.2, 0.25) is 11.3 Å². The molecule has 0 saturated heterocycles. The maximum absolute atomic E-state index is 15.2. The van der Waals surface area contributed by atoms with Crippen LogP contribution in [0.25, 0.3) is 22.2 Å². The van der Waals surface area contributed by atoms with Crippen LogP contribution < -0.4 is 14.9 Å². The lowest BCUT2D eigenvalue weighted by atomic mass is 9.93.